The Bertz CT molecular complexity index is 1130. The molecule has 2 bridgehead atoms. The van der Waals surface area contributed by atoms with Gasteiger partial charge in [-0.2, -0.15) is 13.2 Å². The molecule has 3 aromatic rings. The number of nitrogens with one attached hydrogen (secondary N) is 1. The van der Waals surface area contributed by atoms with Crippen molar-refractivity contribution in [3.63, 3.8) is 0 Å². The number of aliphatic hydroxyl groups excluding tert-OH is 1. The molecular formula is C22H20F4N6O. The Morgan fingerprint density at radius 2 is 1.76 bits per heavy atom. The van der Waals surface area contributed by atoms with Gasteiger partial charge in [0.25, 0.3) is 0 Å². The number of halogens is 4. The summed E-state index contributed by atoms with van der Waals surface area (Å²) >= 11 is 0. The molecule has 0 spiro atoms. The molecule has 1 aliphatic carbocycles. The average Bonchev–Trinajstić information content (AvgIpc) is 3.39. The normalized spacial score (nSPS) is 23.6. The maximum absolute atomic E-state index is 14.7. The van der Waals surface area contributed by atoms with E-state index in [9.17, 15) is 22.7 Å². The van der Waals surface area contributed by atoms with Gasteiger partial charge in [0.05, 0.1) is 11.1 Å². The van der Waals surface area contributed by atoms with Crippen LogP contribution in [0.15, 0.2) is 49.1 Å². The Morgan fingerprint density at radius 1 is 1.03 bits per heavy atom. The van der Waals surface area contributed by atoms with Crippen LogP contribution in [0.1, 0.15) is 30.2 Å². The van der Waals surface area contributed by atoms with Crippen molar-refractivity contribution in [2.45, 2.75) is 37.3 Å². The number of likely N-dealkylation sites (tertiary alicyclic amines) is 1. The fourth-order valence-electron chi connectivity index (χ4n) is 4.82. The summed E-state index contributed by atoms with van der Waals surface area (Å²) in [5, 5.41) is 14.3. The molecule has 2 aromatic heterocycles. The third kappa shape index (κ3) is 4.13. The number of rotatable bonds is 5. The molecule has 0 radical (unpaired) electrons. The van der Waals surface area contributed by atoms with Gasteiger partial charge in [0.2, 0.25) is 5.95 Å². The van der Waals surface area contributed by atoms with Gasteiger partial charge < -0.3 is 10.4 Å². The van der Waals surface area contributed by atoms with Crippen LogP contribution < -0.4 is 5.32 Å². The van der Waals surface area contributed by atoms with Crippen LogP contribution in [-0.2, 0) is 6.18 Å². The number of piperidine rings is 1. The lowest BCUT2D eigenvalue weighted by Gasteiger charge is -2.37. The zero-order valence-corrected chi connectivity index (χ0v) is 17.2. The molecular weight excluding hydrogens is 440 g/mol. The Kier molecular flexibility index (Phi) is 5.45. The number of aromatic nitrogens is 4. The minimum Gasteiger partial charge on any atom is -0.374 e. The van der Waals surface area contributed by atoms with E-state index in [0.29, 0.717) is 12.1 Å². The van der Waals surface area contributed by atoms with Crippen molar-refractivity contribution < 1.29 is 22.7 Å². The number of fused-ring (bicyclic) bond motifs is 2. The smallest absolute Gasteiger partial charge is 0.374 e. The van der Waals surface area contributed by atoms with E-state index in [2.05, 4.69) is 25.3 Å². The lowest BCUT2D eigenvalue weighted by molar-refractivity contribution is -0.138. The van der Waals surface area contributed by atoms with Crippen LogP contribution >= 0.6 is 0 Å². The molecule has 7 nitrogen and oxygen atoms in total. The maximum Gasteiger partial charge on any atom is 0.419 e. The van der Waals surface area contributed by atoms with Gasteiger partial charge in [0.1, 0.15) is 12.0 Å². The van der Waals surface area contributed by atoms with Crippen molar-refractivity contribution in [1.29, 1.82) is 0 Å². The van der Waals surface area contributed by atoms with Gasteiger partial charge in [-0.15, -0.1) is 0 Å². The van der Waals surface area contributed by atoms with Crippen LogP contribution in [0.4, 0.5) is 23.5 Å². The Labute approximate surface area is 186 Å². The molecule has 4 atom stereocenters. The van der Waals surface area contributed by atoms with Gasteiger partial charge >= 0.3 is 6.18 Å². The number of hydrogen-bond acceptors (Lipinski definition) is 7. The number of aliphatic hydroxyl groups is 1. The summed E-state index contributed by atoms with van der Waals surface area (Å²) in [6, 6.07) is 5.81. The number of nitrogens with zero attached hydrogens (tertiary/aromatic N) is 5. The number of benzene rings is 1. The Hall–Kier alpha value is -3.18. The summed E-state index contributed by atoms with van der Waals surface area (Å²) in [6.45, 7) is 0.615. The predicted molar refractivity (Wildman–Crippen MR) is 110 cm³/mol. The minimum atomic E-state index is -4.50. The lowest BCUT2D eigenvalue weighted by atomic mass is 10.0. The van der Waals surface area contributed by atoms with E-state index in [0.717, 1.165) is 25.2 Å². The summed E-state index contributed by atoms with van der Waals surface area (Å²) in [4.78, 5) is 17.7. The molecule has 4 unspecified atom stereocenters. The molecule has 2 fully saturated rings. The van der Waals surface area contributed by atoms with Crippen molar-refractivity contribution in [1.82, 2.24) is 24.8 Å². The SMILES string of the molecule is OC(c1cccc(F)c1-c1ncccn1)N1CC2CC(Nc3ncc(C(F)(F)F)cn3)C1C2. The zero-order chi connectivity index (χ0) is 23.2. The van der Waals surface area contributed by atoms with Crippen LogP contribution in [0.3, 0.4) is 0 Å². The van der Waals surface area contributed by atoms with Gasteiger partial charge in [-0.1, -0.05) is 12.1 Å². The topological polar surface area (TPSA) is 87.1 Å². The van der Waals surface area contributed by atoms with Crippen molar-refractivity contribution in [3.8, 4) is 11.4 Å². The fraction of sp³-hybridized carbons (Fsp3) is 0.364. The summed E-state index contributed by atoms with van der Waals surface area (Å²) < 4.78 is 53.0. The number of alkyl halides is 3. The van der Waals surface area contributed by atoms with E-state index >= 15 is 0 Å². The van der Waals surface area contributed by atoms with Crippen LogP contribution in [0, 0.1) is 11.7 Å². The van der Waals surface area contributed by atoms with Crippen LogP contribution in [0.25, 0.3) is 11.4 Å². The number of anilines is 1. The first kappa shape index (κ1) is 21.7. The predicted octanol–water partition coefficient (Wildman–Crippen LogP) is 3.66. The summed E-state index contributed by atoms with van der Waals surface area (Å²) in [5.41, 5.74) is -0.415. The Morgan fingerprint density at radius 3 is 2.42 bits per heavy atom. The summed E-state index contributed by atoms with van der Waals surface area (Å²) in [5.74, 6) is 0.0254. The monoisotopic (exact) mass is 460 g/mol. The second-order valence-electron chi connectivity index (χ2n) is 8.30. The molecule has 3 heterocycles. The van der Waals surface area contributed by atoms with E-state index in [1.165, 1.54) is 24.5 Å². The van der Waals surface area contributed by atoms with Crippen molar-refractivity contribution in [3.05, 3.63) is 66.0 Å². The molecule has 2 aliphatic rings. The highest BCUT2D eigenvalue weighted by molar-refractivity contribution is 5.61. The largest absolute Gasteiger partial charge is 0.419 e. The van der Waals surface area contributed by atoms with E-state index in [1.807, 2.05) is 4.90 Å². The second-order valence-corrected chi connectivity index (χ2v) is 8.30. The maximum atomic E-state index is 14.7. The first-order valence-electron chi connectivity index (χ1n) is 10.5. The molecule has 33 heavy (non-hydrogen) atoms. The molecule has 172 valence electrons. The molecule has 1 saturated carbocycles. The first-order chi connectivity index (χ1) is 15.8. The van der Waals surface area contributed by atoms with E-state index < -0.39 is 23.8 Å². The third-order valence-corrected chi connectivity index (χ3v) is 6.24. The molecule has 1 aromatic carbocycles. The first-order valence-corrected chi connectivity index (χ1v) is 10.5. The quantitative estimate of drug-likeness (QED) is 0.562. The standard InChI is InChI=1S/C22H20F4N6O/c23-15-4-1-3-14(18(15)19-27-5-2-6-28-19)20(33)32-11-12-7-16(17(32)8-12)31-21-29-9-13(10-30-21)22(24,25)26/h1-6,9-10,12,16-17,20,33H,7-8,11H2,(H,29,30,31). The molecule has 1 aliphatic heterocycles. The van der Waals surface area contributed by atoms with Crippen LogP contribution in [0.5, 0.6) is 0 Å². The minimum absolute atomic E-state index is 0.0964. The summed E-state index contributed by atoms with van der Waals surface area (Å²) in [7, 11) is 0. The van der Waals surface area contributed by atoms with E-state index in [-0.39, 0.29) is 35.3 Å². The van der Waals surface area contributed by atoms with Gasteiger partial charge in [0, 0.05) is 49.0 Å². The number of hydrogen-bond donors (Lipinski definition) is 2. The second kappa shape index (κ2) is 8.31. The van der Waals surface area contributed by atoms with Gasteiger partial charge in [-0.3, -0.25) is 4.90 Å². The lowest BCUT2D eigenvalue weighted by Crippen LogP contribution is -2.46. The zero-order valence-electron chi connectivity index (χ0n) is 17.2. The van der Waals surface area contributed by atoms with E-state index in [4.69, 9.17) is 0 Å². The van der Waals surface area contributed by atoms with Crippen molar-refractivity contribution in [2.75, 3.05) is 11.9 Å². The van der Waals surface area contributed by atoms with Crippen molar-refractivity contribution in [2.24, 2.45) is 5.92 Å². The highest BCUT2D eigenvalue weighted by Gasteiger charge is 2.48. The third-order valence-electron chi connectivity index (χ3n) is 6.24. The highest BCUT2D eigenvalue weighted by atomic mass is 19.4. The van der Waals surface area contributed by atoms with Crippen LogP contribution in [0.2, 0.25) is 0 Å². The Balaban J connectivity index is 1.37. The molecule has 1 saturated heterocycles. The molecule has 11 heteroatoms. The molecule has 2 N–H and O–H groups in total. The molecule has 5 rings (SSSR count). The van der Waals surface area contributed by atoms with Gasteiger partial charge in [-0.25, -0.2) is 24.3 Å². The summed E-state index contributed by atoms with van der Waals surface area (Å²) in [6.07, 6.45) is 0.462. The average molecular weight is 460 g/mol. The van der Waals surface area contributed by atoms with Gasteiger partial charge in [0.15, 0.2) is 5.82 Å². The fourth-order valence-corrected chi connectivity index (χ4v) is 4.82. The van der Waals surface area contributed by atoms with E-state index in [1.54, 1.807) is 12.1 Å². The van der Waals surface area contributed by atoms with Crippen LogP contribution in [-0.4, -0.2) is 48.6 Å². The van der Waals surface area contributed by atoms with Crippen molar-refractivity contribution >= 4 is 5.95 Å². The molecule has 0 amide bonds. The highest BCUT2D eigenvalue weighted by Crippen LogP contribution is 2.44. The van der Waals surface area contributed by atoms with Gasteiger partial charge in [-0.05, 0) is 30.9 Å².